The monoisotopic (exact) mass is 1110 g/mol. The molecule has 0 aliphatic carbocycles. The molecule has 2 aliphatic heterocycles. The number of aliphatic hydroxyl groups is 1. The fourth-order valence-corrected chi connectivity index (χ4v) is 10.7. The van der Waals surface area contributed by atoms with Crippen LogP contribution in [0.25, 0.3) is 21.7 Å². The highest BCUT2D eigenvalue weighted by Crippen LogP contribution is 2.41. The number of benzene rings is 3. The number of aryl methyl sites for hydroxylation is 1. The number of β-amino-alcohol motifs (C(OH)–C–C–N with tert-alkyl or cyclic N) is 1. The SMILES string of the molecule is Cc1ncsc1-c1ccc(CNC(=O)[C@@H]2C[C@@H](O)CN2C(=O)[C@@H](NC(=O)COCCOCCOc2ccc(-c3ncc(N4CSCN(c5ccc(C#N)c(C(F)(F)F)c5F)C(=O)C4(C)C)cc3F)cc2F)C(C)(C)C)cc1. The Morgan fingerprint density at radius 3 is 2.29 bits per heavy atom. The summed E-state index contributed by atoms with van der Waals surface area (Å²) in [5, 5.41) is 25.3. The van der Waals surface area contributed by atoms with Crippen LogP contribution in [0.1, 0.15) is 63.4 Å². The molecule has 0 saturated carbocycles. The van der Waals surface area contributed by atoms with Crippen LogP contribution >= 0.6 is 23.1 Å². The molecular formula is C53H56F6N8O8S2. The van der Waals surface area contributed by atoms with Crippen molar-refractivity contribution in [1.29, 1.82) is 5.26 Å². The summed E-state index contributed by atoms with van der Waals surface area (Å²) in [6.07, 6.45) is -4.86. The number of thioether (sulfide) groups is 1. The maximum Gasteiger partial charge on any atom is 0.420 e. The van der Waals surface area contributed by atoms with Crippen molar-refractivity contribution in [3.8, 4) is 33.5 Å². The summed E-state index contributed by atoms with van der Waals surface area (Å²) in [7, 11) is 0. The summed E-state index contributed by atoms with van der Waals surface area (Å²) in [4.78, 5) is 67.5. The van der Waals surface area contributed by atoms with Crippen molar-refractivity contribution in [1.82, 2.24) is 25.5 Å². The van der Waals surface area contributed by atoms with Crippen molar-refractivity contribution < 1.29 is 64.8 Å². The van der Waals surface area contributed by atoms with E-state index in [1.54, 1.807) is 26.3 Å². The molecule has 0 bridgehead atoms. The van der Waals surface area contributed by atoms with Crippen molar-refractivity contribution >= 4 is 58.1 Å². The van der Waals surface area contributed by atoms with Gasteiger partial charge in [0.05, 0.1) is 83.0 Å². The number of hydrogen-bond donors (Lipinski definition) is 3. The Hall–Kier alpha value is -6.78. The second-order valence-corrected chi connectivity index (χ2v) is 21.5. The number of aliphatic hydroxyl groups excluding tert-OH is 1. The van der Waals surface area contributed by atoms with Crippen LogP contribution in [-0.2, 0) is 41.4 Å². The van der Waals surface area contributed by atoms with Crippen molar-refractivity contribution in [2.75, 3.05) is 61.1 Å². The van der Waals surface area contributed by atoms with Gasteiger partial charge in [-0.15, -0.1) is 23.1 Å². The number of aromatic nitrogens is 2. The van der Waals surface area contributed by atoms with Crippen LogP contribution < -0.4 is 25.2 Å². The molecule has 4 heterocycles. The number of thiazole rings is 1. The molecule has 3 aromatic carbocycles. The largest absolute Gasteiger partial charge is 0.488 e. The number of alkyl halides is 3. The molecule has 16 nitrogen and oxygen atoms in total. The molecule has 2 saturated heterocycles. The number of rotatable bonds is 18. The molecule has 0 unspecified atom stereocenters. The predicted octanol–water partition coefficient (Wildman–Crippen LogP) is 7.99. The number of hydrogen-bond acceptors (Lipinski definition) is 14. The first-order chi connectivity index (χ1) is 36.4. The van der Waals surface area contributed by atoms with E-state index in [2.05, 4.69) is 20.6 Å². The van der Waals surface area contributed by atoms with Gasteiger partial charge in [-0.25, -0.2) is 18.2 Å². The fourth-order valence-electron chi connectivity index (χ4n) is 8.74. The molecule has 24 heteroatoms. The van der Waals surface area contributed by atoms with Crippen LogP contribution in [0.4, 0.5) is 37.7 Å². The summed E-state index contributed by atoms with van der Waals surface area (Å²) in [6, 6.07) is 13.5. The first-order valence-electron chi connectivity index (χ1n) is 24.2. The van der Waals surface area contributed by atoms with E-state index in [1.165, 1.54) is 59.4 Å². The number of amides is 4. The van der Waals surface area contributed by atoms with Gasteiger partial charge in [0.25, 0.3) is 5.91 Å². The average Bonchev–Trinajstić information content (AvgIpc) is 3.99. The van der Waals surface area contributed by atoms with Gasteiger partial charge in [0.1, 0.15) is 42.1 Å². The van der Waals surface area contributed by atoms with Crippen LogP contribution in [-0.4, -0.2) is 119 Å². The quantitative estimate of drug-likeness (QED) is 0.0564. The third-order valence-corrected chi connectivity index (χ3v) is 14.7. The zero-order valence-electron chi connectivity index (χ0n) is 42.8. The zero-order valence-corrected chi connectivity index (χ0v) is 44.4. The molecule has 0 radical (unpaired) electrons. The predicted molar refractivity (Wildman–Crippen MR) is 276 cm³/mol. The Bertz CT molecular complexity index is 3020. The Morgan fingerprint density at radius 2 is 1.64 bits per heavy atom. The van der Waals surface area contributed by atoms with Crippen LogP contribution in [0.15, 0.2) is 72.4 Å². The molecule has 3 atom stereocenters. The number of anilines is 2. The number of nitriles is 1. The summed E-state index contributed by atoms with van der Waals surface area (Å²) >= 11 is 2.58. The van der Waals surface area contributed by atoms with Crippen molar-refractivity contribution in [3.05, 3.63) is 112 Å². The number of nitrogens with one attached hydrogen (secondary N) is 2. The minimum Gasteiger partial charge on any atom is -0.488 e. The molecule has 4 amide bonds. The van der Waals surface area contributed by atoms with E-state index >= 15 is 13.2 Å². The standard InChI is InChI=1S/C53H56F6N8O8S2/c1-30-46(77-27-63-30)32-9-7-31(8-10-32)23-62-48(70)40-21-36(68)25-65(40)49(71)47(51(2,3)4)64-42(69)26-74-16-15-73-17-18-75-41-14-12-33(19-37(41)54)45-38(55)20-35(24-61-45)67-29-76-28-66(50(72)52(67,5)6)39-13-11-34(22-60)43(44(39)56)53(57,58)59/h7-14,19-20,24,27,36,40,47,68H,15-18,21,23,25-26,28-29H2,1-6H3,(H,62,70)(H,64,69)/t36-,40+,47-/m1/s1. The van der Waals surface area contributed by atoms with E-state index in [1.807, 2.05) is 31.2 Å². The minimum absolute atomic E-state index is 0.00661. The fraction of sp³-hybridized carbons (Fsp3) is 0.415. The first-order valence-corrected chi connectivity index (χ1v) is 26.2. The van der Waals surface area contributed by atoms with Crippen LogP contribution in [0.5, 0.6) is 5.75 Å². The van der Waals surface area contributed by atoms with Gasteiger partial charge in [0, 0.05) is 31.1 Å². The summed E-state index contributed by atoms with van der Waals surface area (Å²) < 4.78 is 104. The lowest BCUT2D eigenvalue weighted by atomic mass is 9.85. The van der Waals surface area contributed by atoms with Crippen LogP contribution in [0.3, 0.4) is 0 Å². The van der Waals surface area contributed by atoms with Gasteiger partial charge >= 0.3 is 6.18 Å². The number of likely N-dealkylation sites (tertiary alicyclic amines) is 1. The van der Waals surface area contributed by atoms with E-state index in [0.29, 0.717) is 0 Å². The number of halogens is 6. The van der Waals surface area contributed by atoms with Gasteiger partial charge in [-0.3, -0.25) is 29.1 Å². The van der Waals surface area contributed by atoms with Gasteiger partial charge in [-0.2, -0.15) is 18.4 Å². The van der Waals surface area contributed by atoms with Crippen molar-refractivity contribution in [3.63, 3.8) is 0 Å². The van der Waals surface area contributed by atoms with Gasteiger partial charge in [0.15, 0.2) is 23.2 Å². The van der Waals surface area contributed by atoms with E-state index in [4.69, 9.17) is 14.2 Å². The number of carbonyl (C=O) groups is 4. The molecule has 5 aromatic rings. The lowest BCUT2D eigenvalue weighted by molar-refractivity contribution is -0.144. The molecule has 2 fully saturated rings. The van der Waals surface area contributed by atoms with Gasteiger partial charge < -0.3 is 39.8 Å². The number of ether oxygens (including phenoxy) is 3. The van der Waals surface area contributed by atoms with Crippen LogP contribution in [0.2, 0.25) is 0 Å². The molecule has 0 spiro atoms. The highest BCUT2D eigenvalue weighted by molar-refractivity contribution is 7.99. The Labute approximate surface area is 448 Å². The lowest BCUT2D eigenvalue weighted by Crippen LogP contribution is -2.58. The van der Waals surface area contributed by atoms with Gasteiger partial charge in [0.2, 0.25) is 17.7 Å². The molecule has 410 valence electrons. The third-order valence-electron chi connectivity index (χ3n) is 12.8. The average molecular weight is 1110 g/mol. The maximum atomic E-state index is 15.7. The maximum absolute atomic E-state index is 15.7. The number of carbonyl (C=O) groups excluding carboxylic acids is 4. The summed E-state index contributed by atoms with van der Waals surface area (Å²) in [6.45, 7) is 9.70. The van der Waals surface area contributed by atoms with E-state index in [9.17, 15) is 42.7 Å². The van der Waals surface area contributed by atoms with Crippen molar-refractivity contribution in [2.24, 2.45) is 5.41 Å². The Morgan fingerprint density at radius 1 is 0.935 bits per heavy atom. The molecule has 77 heavy (non-hydrogen) atoms. The minimum atomic E-state index is -5.21. The Kier molecular flexibility index (Phi) is 18.3. The van der Waals surface area contributed by atoms with Crippen molar-refractivity contribution in [2.45, 2.75) is 84.4 Å². The first kappa shape index (κ1) is 57.9. The Balaban J connectivity index is 0.847. The molecule has 2 aromatic heterocycles. The van der Waals surface area contributed by atoms with Gasteiger partial charge in [-0.05, 0) is 67.6 Å². The van der Waals surface area contributed by atoms with E-state index in [-0.39, 0.29) is 80.4 Å². The topological polar surface area (TPSA) is 200 Å². The van der Waals surface area contributed by atoms with E-state index < -0.39 is 99.8 Å². The highest BCUT2D eigenvalue weighted by Gasteiger charge is 2.46. The molecular weight excluding hydrogens is 1050 g/mol. The summed E-state index contributed by atoms with van der Waals surface area (Å²) in [5.41, 5.74) is -1.25. The lowest BCUT2D eigenvalue weighted by Gasteiger charge is -2.38. The smallest absolute Gasteiger partial charge is 0.420 e. The third kappa shape index (κ3) is 13.5. The number of pyridine rings is 1. The van der Waals surface area contributed by atoms with E-state index in [0.717, 1.165) is 62.6 Å². The number of nitrogens with zero attached hydrogens (tertiary/aromatic N) is 6. The molecule has 3 N–H and O–H groups in total. The zero-order chi connectivity index (χ0) is 56.0. The molecule has 2 aliphatic rings. The molecule has 7 rings (SSSR count). The second kappa shape index (κ2) is 24.3. The normalized spacial score (nSPS) is 17.2. The summed E-state index contributed by atoms with van der Waals surface area (Å²) in [5.74, 6) is -6.27. The highest BCUT2D eigenvalue weighted by atomic mass is 32.2. The second-order valence-electron chi connectivity index (χ2n) is 19.7. The van der Waals surface area contributed by atoms with Gasteiger partial charge in [-0.1, -0.05) is 45.0 Å². The van der Waals surface area contributed by atoms with Crippen LogP contribution in [0, 0.1) is 41.1 Å².